The molecular weight excluding hydrogens is 507 g/mol. The minimum absolute atomic E-state index is 0.0888. The van der Waals surface area contributed by atoms with E-state index in [0.717, 1.165) is 42.0 Å². The number of nitrogens with zero attached hydrogens (tertiary/aromatic N) is 3. The van der Waals surface area contributed by atoms with Gasteiger partial charge in [0.2, 0.25) is 5.91 Å². The van der Waals surface area contributed by atoms with Gasteiger partial charge in [0.1, 0.15) is 0 Å². The van der Waals surface area contributed by atoms with E-state index in [1.54, 1.807) is 26.4 Å². The molecule has 0 spiro atoms. The second-order valence-electron chi connectivity index (χ2n) is 8.35. The van der Waals surface area contributed by atoms with Crippen LogP contribution in [0.25, 0.3) is 11.4 Å². The first-order chi connectivity index (χ1) is 17.0. The molecule has 7 nitrogen and oxygen atoms in total. The van der Waals surface area contributed by atoms with Gasteiger partial charge in [-0.15, -0.1) is 10.2 Å². The summed E-state index contributed by atoms with van der Waals surface area (Å²) in [5, 5.41) is 13.7. The molecule has 0 atom stereocenters. The Morgan fingerprint density at radius 3 is 2.54 bits per heavy atom. The maximum atomic E-state index is 12.6. The molecule has 0 unspecified atom stereocenters. The van der Waals surface area contributed by atoms with Gasteiger partial charge in [-0.1, -0.05) is 60.3 Å². The van der Waals surface area contributed by atoms with E-state index in [-0.39, 0.29) is 17.7 Å². The topological polar surface area (TPSA) is 78.3 Å². The molecule has 186 valence electrons. The third kappa shape index (κ3) is 6.23. The summed E-state index contributed by atoms with van der Waals surface area (Å²) in [6.45, 7) is 0.390. The van der Waals surface area contributed by atoms with E-state index < -0.39 is 0 Å². The van der Waals surface area contributed by atoms with Crippen molar-refractivity contribution in [2.24, 2.45) is 0 Å². The number of methoxy groups -OCH3 is 2. The minimum atomic E-state index is -0.0888. The van der Waals surface area contributed by atoms with Crippen molar-refractivity contribution in [1.29, 1.82) is 0 Å². The van der Waals surface area contributed by atoms with Gasteiger partial charge >= 0.3 is 0 Å². The Morgan fingerprint density at radius 2 is 1.83 bits per heavy atom. The van der Waals surface area contributed by atoms with Crippen LogP contribution >= 0.6 is 35.0 Å². The number of hydrogen-bond acceptors (Lipinski definition) is 6. The first kappa shape index (κ1) is 25.7. The zero-order valence-corrected chi connectivity index (χ0v) is 22.1. The van der Waals surface area contributed by atoms with Gasteiger partial charge in [-0.2, -0.15) is 0 Å². The summed E-state index contributed by atoms with van der Waals surface area (Å²) in [6, 6.07) is 11.2. The van der Waals surface area contributed by atoms with Crippen LogP contribution < -0.4 is 14.8 Å². The molecule has 0 saturated heterocycles. The van der Waals surface area contributed by atoms with Crippen molar-refractivity contribution in [3.05, 3.63) is 52.0 Å². The van der Waals surface area contributed by atoms with Crippen molar-refractivity contribution in [3.8, 4) is 22.9 Å². The molecule has 0 aliphatic heterocycles. The molecule has 2 aromatic carbocycles. The van der Waals surface area contributed by atoms with Crippen molar-refractivity contribution < 1.29 is 14.3 Å². The first-order valence-corrected chi connectivity index (χ1v) is 13.2. The van der Waals surface area contributed by atoms with Crippen molar-refractivity contribution in [1.82, 2.24) is 20.1 Å². The molecule has 35 heavy (non-hydrogen) atoms. The molecule has 3 aromatic rings. The van der Waals surface area contributed by atoms with E-state index in [1.807, 2.05) is 24.3 Å². The van der Waals surface area contributed by atoms with Crippen molar-refractivity contribution in [3.63, 3.8) is 0 Å². The number of hydrogen-bond donors (Lipinski definition) is 1. The van der Waals surface area contributed by atoms with Crippen LogP contribution in [-0.2, 0) is 11.3 Å². The number of halogens is 2. The Bertz CT molecular complexity index is 1180. The second-order valence-corrected chi connectivity index (χ2v) is 10.1. The van der Waals surface area contributed by atoms with Crippen LogP contribution in [0.15, 0.2) is 41.6 Å². The summed E-state index contributed by atoms with van der Waals surface area (Å²) in [6.07, 6.45) is 5.65. The monoisotopic (exact) mass is 534 g/mol. The number of carbonyl (C=O) groups excluding carboxylic acids is 1. The highest BCUT2D eigenvalue weighted by atomic mass is 35.5. The quantitative estimate of drug-likeness (QED) is 0.330. The van der Waals surface area contributed by atoms with E-state index >= 15 is 0 Å². The number of carbonyl (C=O) groups is 1. The van der Waals surface area contributed by atoms with Gasteiger partial charge in [-0.25, -0.2) is 0 Å². The van der Waals surface area contributed by atoms with E-state index in [9.17, 15) is 4.79 Å². The summed E-state index contributed by atoms with van der Waals surface area (Å²) in [5.41, 5.74) is 1.71. The standard InChI is InChI=1S/C25H28Cl2N4O3S/c1-33-21-11-8-16(12-22(21)34-2)14-28-23(32)15-35-25-30-29-24(19-10-9-17(26)13-20(19)27)31(25)18-6-4-3-5-7-18/h8-13,18H,3-7,14-15H2,1-2H3,(H,28,32). The smallest absolute Gasteiger partial charge is 0.230 e. The molecule has 4 rings (SSSR count). The fourth-order valence-corrected chi connectivity index (χ4v) is 5.60. The van der Waals surface area contributed by atoms with Gasteiger partial charge in [-0.3, -0.25) is 9.36 Å². The lowest BCUT2D eigenvalue weighted by Gasteiger charge is -2.25. The molecule has 1 aromatic heterocycles. The predicted octanol–water partition coefficient (Wildman–Crippen LogP) is 6.18. The fourth-order valence-electron chi connectivity index (χ4n) is 4.27. The lowest BCUT2D eigenvalue weighted by molar-refractivity contribution is -0.118. The number of rotatable bonds is 9. The number of ether oxygens (including phenoxy) is 2. The van der Waals surface area contributed by atoms with Gasteiger partial charge < -0.3 is 14.8 Å². The Morgan fingerprint density at radius 1 is 1.06 bits per heavy atom. The molecule has 1 aliphatic rings. The molecule has 1 amide bonds. The van der Waals surface area contributed by atoms with Crippen molar-refractivity contribution >= 4 is 40.9 Å². The van der Waals surface area contributed by atoms with Gasteiger partial charge in [-0.05, 0) is 48.7 Å². The van der Waals surface area contributed by atoms with Gasteiger partial charge in [0.25, 0.3) is 0 Å². The average molecular weight is 535 g/mol. The lowest BCUT2D eigenvalue weighted by atomic mass is 9.95. The Labute approximate surface area is 219 Å². The summed E-state index contributed by atoms with van der Waals surface area (Å²) in [4.78, 5) is 12.6. The molecular formula is C25H28Cl2N4O3S. The third-order valence-electron chi connectivity index (χ3n) is 6.05. The van der Waals surface area contributed by atoms with Crippen LogP contribution in [0.3, 0.4) is 0 Å². The SMILES string of the molecule is COc1ccc(CNC(=O)CSc2nnc(-c3ccc(Cl)cc3Cl)n2C2CCCCC2)cc1OC. The average Bonchev–Trinajstić information content (AvgIpc) is 3.30. The zero-order valence-electron chi connectivity index (χ0n) is 19.7. The van der Waals surface area contributed by atoms with Crippen LogP contribution in [0.5, 0.6) is 11.5 Å². The molecule has 1 N–H and O–H groups in total. The molecule has 1 heterocycles. The first-order valence-electron chi connectivity index (χ1n) is 11.5. The fraction of sp³-hybridized carbons (Fsp3) is 0.400. The minimum Gasteiger partial charge on any atom is -0.493 e. The highest BCUT2D eigenvalue weighted by Crippen LogP contribution is 2.38. The highest BCUT2D eigenvalue weighted by molar-refractivity contribution is 7.99. The number of nitrogens with one attached hydrogen (secondary N) is 1. The van der Waals surface area contributed by atoms with Crippen LogP contribution in [0.1, 0.15) is 43.7 Å². The van der Waals surface area contributed by atoms with Crippen LogP contribution in [-0.4, -0.2) is 40.6 Å². The molecule has 1 saturated carbocycles. The number of aromatic nitrogens is 3. The second kappa shape index (κ2) is 12.0. The maximum absolute atomic E-state index is 12.6. The van der Waals surface area contributed by atoms with Gasteiger partial charge in [0.15, 0.2) is 22.5 Å². The Hall–Kier alpha value is -2.42. The number of thioether (sulfide) groups is 1. The molecule has 0 radical (unpaired) electrons. The number of benzene rings is 2. The summed E-state index contributed by atoms with van der Waals surface area (Å²) < 4.78 is 12.8. The van der Waals surface area contributed by atoms with E-state index in [4.69, 9.17) is 32.7 Å². The maximum Gasteiger partial charge on any atom is 0.230 e. The molecule has 1 fully saturated rings. The normalized spacial score (nSPS) is 14.1. The summed E-state index contributed by atoms with van der Waals surface area (Å²) in [7, 11) is 3.18. The molecule has 0 bridgehead atoms. The van der Waals surface area contributed by atoms with Crippen LogP contribution in [0.2, 0.25) is 10.0 Å². The van der Waals surface area contributed by atoms with E-state index in [2.05, 4.69) is 20.1 Å². The lowest BCUT2D eigenvalue weighted by Crippen LogP contribution is -2.25. The Balaban J connectivity index is 1.47. The van der Waals surface area contributed by atoms with E-state index in [1.165, 1.54) is 18.2 Å². The predicted molar refractivity (Wildman–Crippen MR) is 140 cm³/mol. The number of amides is 1. The molecule has 10 heteroatoms. The Kier molecular flexibility index (Phi) is 8.81. The van der Waals surface area contributed by atoms with Crippen LogP contribution in [0.4, 0.5) is 0 Å². The molecule has 1 aliphatic carbocycles. The van der Waals surface area contributed by atoms with Gasteiger partial charge in [0.05, 0.1) is 25.0 Å². The highest BCUT2D eigenvalue weighted by Gasteiger charge is 2.25. The summed E-state index contributed by atoms with van der Waals surface area (Å²) >= 11 is 14.0. The largest absolute Gasteiger partial charge is 0.493 e. The van der Waals surface area contributed by atoms with Crippen molar-refractivity contribution in [2.75, 3.05) is 20.0 Å². The summed E-state index contributed by atoms with van der Waals surface area (Å²) in [5.74, 6) is 2.13. The van der Waals surface area contributed by atoms with E-state index in [0.29, 0.717) is 33.9 Å². The third-order valence-corrected chi connectivity index (χ3v) is 7.54. The van der Waals surface area contributed by atoms with Gasteiger partial charge in [0, 0.05) is 23.2 Å². The van der Waals surface area contributed by atoms with Crippen molar-refractivity contribution in [2.45, 2.75) is 49.8 Å². The van der Waals surface area contributed by atoms with Crippen LogP contribution in [0, 0.1) is 0 Å². The zero-order chi connectivity index (χ0) is 24.8.